The van der Waals surface area contributed by atoms with Crippen LogP contribution in [0.5, 0.6) is 5.75 Å². The zero-order valence-electron chi connectivity index (χ0n) is 18.4. The SMILES string of the molecule is COc1cccc(CN2CCCCC2c2nc(-c3ccccc3)c(-c3ccccc3)o2)c1. The minimum absolute atomic E-state index is 0.162. The molecule has 1 aliphatic heterocycles. The van der Waals surface area contributed by atoms with Crippen molar-refractivity contribution in [3.8, 4) is 28.3 Å². The van der Waals surface area contributed by atoms with Gasteiger partial charge in [-0.15, -0.1) is 0 Å². The van der Waals surface area contributed by atoms with Crippen LogP contribution in [0.3, 0.4) is 0 Å². The van der Waals surface area contributed by atoms with Gasteiger partial charge in [0, 0.05) is 17.7 Å². The number of ether oxygens (including phenoxy) is 1. The highest BCUT2D eigenvalue weighted by molar-refractivity contribution is 5.76. The number of methoxy groups -OCH3 is 1. The molecule has 4 nitrogen and oxygen atoms in total. The van der Waals surface area contributed by atoms with E-state index in [0.29, 0.717) is 0 Å². The average Bonchev–Trinajstić information content (AvgIpc) is 3.31. The lowest BCUT2D eigenvalue weighted by atomic mass is 10.0. The van der Waals surface area contributed by atoms with Crippen LogP contribution in [0.1, 0.15) is 36.8 Å². The second kappa shape index (κ2) is 9.41. The van der Waals surface area contributed by atoms with Gasteiger partial charge >= 0.3 is 0 Å². The van der Waals surface area contributed by atoms with E-state index in [4.69, 9.17) is 14.1 Å². The standard InChI is InChI=1S/C28H28N2O2/c1-31-24-16-10-11-21(19-24)20-30-18-9-8-17-25(30)28-29-26(22-12-4-2-5-13-22)27(32-28)23-14-6-3-7-15-23/h2-7,10-16,19,25H,8-9,17-18,20H2,1H3. The molecule has 0 spiro atoms. The van der Waals surface area contributed by atoms with E-state index in [2.05, 4.69) is 47.4 Å². The van der Waals surface area contributed by atoms with Crippen molar-refractivity contribution >= 4 is 0 Å². The van der Waals surface area contributed by atoms with Crippen molar-refractivity contribution in [2.45, 2.75) is 31.8 Å². The Balaban J connectivity index is 1.51. The summed E-state index contributed by atoms with van der Waals surface area (Å²) in [5, 5.41) is 0. The van der Waals surface area contributed by atoms with E-state index in [1.165, 1.54) is 18.4 Å². The van der Waals surface area contributed by atoms with Crippen LogP contribution in [0.25, 0.3) is 22.6 Å². The van der Waals surface area contributed by atoms with Gasteiger partial charge in [-0.05, 0) is 37.1 Å². The lowest BCUT2D eigenvalue weighted by molar-refractivity contribution is 0.118. The van der Waals surface area contributed by atoms with Crippen LogP contribution in [0.15, 0.2) is 89.3 Å². The molecule has 4 aromatic rings. The van der Waals surface area contributed by atoms with Crippen molar-refractivity contribution in [2.75, 3.05) is 13.7 Å². The molecule has 1 atom stereocenters. The van der Waals surface area contributed by atoms with Gasteiger partial charge in [0.15, 0.2) is 5.76 Å². The summed E-state index contributed by atoms with van der Waals surface area (Å²) in [4.78, 5) is 7.57. The molecule has 0 amide bonds. The predicted molar refractivity (Wildman–Crippen MR) is 127 cm³/mol. The quantitative estimate of drug-likeness (QED) is 0.343. The molecule has 3 aromatic carbocycles. The van der Waals surface area contributed by atoms with E-state index < -0.39 is 0 Å². The van der Waals surface area contributed by atoms with Crippen molar-refractivity contribution in [1.29, 1.82) is 0 Å². The number of aromatic nitrogens is 1. The van der Waals surface area contributed by atoms with Gasteiger partial charge in [-0.3, -0.25) is 4.90 Å². The summed E-state index contributed by atoms with van der Waals surface area (Å²) >= 11 is 0. The summed E-state index contributed by atoms with van der Waals surface area (Å²) in [6.45, 7) is 1.89. The molecule has 1 unspecified atom stereocenters. The predicted octanol–water partition coefficient (Wildman–Crippen LogP) is 6.74. The molecule has 0 aliphatic carbocycles. The number of hydrogen-bond acceptors (Lipinski definition) is 4. The third kappa shape index (κ3) is 4.32. The first-order valence-electron chi connectivity index (χ1n) is 11.3. The average molecular weight is 425 g/mol. The fourth-order valence-corrected chi connectivity index (χ4v) is 4.52. The zero-order chi connectivity index (χ0) is 21.8. The molecule has 1 saturated heterocycles. The Labute approximate surface area is 189 Å². The summed E-state index contributed by atoms with van der Waals surface area (Å²) < 4.78 is 12.0. The molecular formula is C28H28N2O2. The highest BCUT2D eigenvalue weighted by Gasteiger charge is 2.30. The maximum atomic E-state index is 6.53. The topological polar surface area (TPSA) is 38.5 Å². The third-order valence-corrected chi connectivity index (χ3v) is 6.15. The highest BCUT2D eigenvalue weighted by atomic mass is 16.5. The number of benzene rings is 3. The van der Waals surface area contributed by atoms with Crippen molar-refractivity contribution in [3.05, 3.63) is 96.4 Å². The summed E-state index contributed by atoms with van der Waals surface area (Å²) in [7, 11) is 1.71. The van der Waals surface area contributed by atoms with Gasteiger partial charge in [-0.1, -0.05) is 79.2 Å². The van der Waals surface area contributed by atoms with Gasteiger partial charge in [-0.25, -0.2) is 4.98 Å². The van der Waals surface area contributed by atoms with Crippen LogP contribution < -0.4 is 4.74 Å². The van der Waals surface area contributed by atoms with Gasteiger partial charge in [-0.2, -0.15) is 0 Å². The van der Waals surface area contributed by atoms with E-state index in [-0.39, 0.29) is 6.04 Å². The Morgan fingerprint density at radius 2 is 1.66 bits per heavy atom. The Hall–Kier alpha value is -3.37. The second-order valence-electron chi connectivity index (χ2n) is 8.30. The first-order valence-corrected chi connectivity index (χ1v) is 11.3. The molecule has 0 radical (unpaired) electrons. The Bertz CT molecular complexity index is 1100. The number of likely N-dealkylation sites (tertiary alicyclic amines) is 1. The highest BCUT2D eigenvalue weighted by Crippen LogP contribution is 2.38. The fraction of sp³-hybridized carbons (Fsp3) is 0.250. The van der Waals surface area contributed by atoms with Crippen LogP contribution in [0.4, 0.5) is 0 Å². The monoisotopic (exact) mass is 424 g/mol. The number of rotatable bonds is 6. The number of hydrogen-bond donors (Lipinski definition) is 0. The Morgan fingerprint density at radius 1 is 0.906 bits per heavy atom. The molecule has 0 saturated carbocycles. The maximum Gasteiger partial charge on any atom is 0.212 e. The smallest absolute Gasteiger partial charge is 0.212 e. The lowest BCUT2D eigenvalue weighted by Gasteiger charge is -2.33. The van der Waals surface area contributed by atoms with Crippen LogP contribution in [0, 0.1) is 0 Å². The molecule has 5 rings (SSSR count). The minimum atomic E-state index is 0.162. The van der Waals surface area contributed by atoms with Crippen LogP contribution in [-0.2, 0) is 6.54 Å². The van der Waals surface area contributed by atoms with Crippen molar-refractivity contribution in [2.24, 2.45) is 0 Å². The lowest BCUT2D eigenvalue weighted by Crippen LogP contribution is -2.33. The van der Waals surface area contributed by atoms with E-state index in [0.717, 1.165) is 53.7 Å². The molecular weight excluding hydrogens is 396 g/mol. The van der Waals surface area contributed by atoms with Crippen molar-refractivity contribution in [3.63, 3.8) is 0 Å². The second-order valence-corrected chi connectivity index (χ2v) is 8.30. The van der Waals surface area contributed by atoms with Crippen molar-refractivity contribution < 1.29 is 9.15 Å². The molecule has 2 heterocycles. The first kappa shape index (κ1) is 20.5. The van der Waals surface area contributed by atoms with Gasteiger partial charge in [0.25, 0.3) is 0 Å². The van der Waals surface area contributed by atoms with Crippen molar-refractivity contribution in [1.82, 2.24) is 9.88 Å². The summed E-state index contributed by atoms with van der Waals surface area (Å²) in [6, 6.07) is 29.1. The maximum absolute atomic E-state index is 6.53. The zero-order valence-corrected chi connectivity index (χ0v) is 18.4. The molecule has 0 bridgehead atoms. The fourth-order valence-electron chi connectivity index (χ4n) is 4.52. The van der Waals surface area contributed by atoms with Crippen LogP contribution in [-0.4, -0.2) is 23.5 Å². The van der Waals surface area contributed by atoms with E-state index in [9.17, 15) is 0 Å². The molecule has 4 heteroatoms. The molecule has 1 aliphatic rings. The Kier molecular flexibility index (Phi) is 6.04. The molecule has 32 heavy (non-hydrogen) atoms. The summed E-state index contributed by atoms with van der Waals surface area (Å²) in [5.74, 6) is 2.55. The van der Waals surface area contributed by atoms with Gasteiger partial charge in [0.1, 0.15) is 11.4 Å². The molecule has 1 aromatic heterocycles. The van der Waals surface area contributed by atoms with Gasteiger partial charge < -0.3 is 9.15 Å². The van der Waals surface area contributed by atoms with Gasteiger partial charge in [0.05, 0.1) is 13.2 Å². The van der Waals surface area contributed by atoms with E-state index >= 15 is 0 Å². The summed E-state index contributed by atoms with van der Waals surface area (Å²) in [5.41, 5.74) is 4.30. The third-order valence-electron chi connectivity index (χ3n) is 6.15. The number of piperidine rings is 1. The molecule has 162 valence electrons. The first-order chi connectivity index (χ1) is 15.8. The van der Waals surface area contributed by atoms with Crippen LogP contribution in [0.2, 0.25) is 0 Å². The largest absolute Gasteiger partial charge is 0.497 e. The molecule has 0 N–H and O–H groups in total. The van der Waals surface area contributed by atoms with E-state index in [1.54, 1.807) is 7.11 Å². The minimum Gasteiger partial charge on any atom is -0.497 e. The normalized spacial score (nSPS) is 16.7. The summed E-state index contributed by atoms with van der Waals surface area (Å²) in [6.07, 6.45) is 3.42. The molecule has 1 fully saturated rings. The number of nitrogens with zero attached hydrogens (tertiary/aromatic N) is 2. The van der Waals surface area contributed by atoms with Gasteiger partial charge in [0.2, 0.25) is 5.89 Å². The number of oxazole rings is 1. The Morgan fingerprint density at radius 3 is 2.41 bits per heavy atom. The van der Waals surface area contributed by atoms with E-state index in [1.807, 2.05) is 42.5 Å². The van der Waals surface area contributed by atoms with Crippen LogP contribution >= 0.6 is 0 Å².